The fourth-order valence-corrected chi connectivity index (χ4v) is 2.69. The summed E-state index contributed by atoms with van der Waals surface area (Å²) < 4.78 is 0. The molecule has 2 fully saturated rings. The van der Waals surface area contributed by atoms with Crippen molar-refractivity contribution in [1.82, 2.24) is 9.88 Å². The van der Waals surface area contributed by atoms with Crippen LogP contribution in [0.25, 0.3) is 0 Å². The second-order valence-electron chi connectivity index (χ2n) is 5.69. The van der Waals surface area contributed by atoms with Crippen molar-refractivity contribution in [1.29, 1.82) is 0 Å². The number of hydrogen-bond donors (Lipinski definition) is 1. The Balaban J connectivity index is 1.68. The van der Waals surface area contributed by atoms with Gasteiger partial charge in [-0.3, -0.25) is 9.59 Å². The second-order valence-corrected chi connectivity index (χ2v) is 5.69. The number of aromatic nitrogens is 1. The number of amides is 2. The standard InChI is InChI=1S/C15H20N4O2/c16-14(20)12-3-1-4-13(17-12)18-7-2-8-19(10-9-18)15(21)11-5-6-11/h1,3-4,11H,2,5-10H2,(H2,16,20). The minimum Gasteiger partial charge on any atom is -0.364 e. The number of nitrogens with two attached hydrogens (primary N) is 1. The molecule has 0 bridgehead atoms. The Hall–Kier alpha value is -2.11. The molecule has 0 radical (unpaired) electrons. The third-order valence-electron chi connectivity index (χ3n) is 4.05. The van der Waals surface area contributed by atoms with Gasteiger partial charge in [-0.25, -0.2) is 4.98 Å². The Morgan fingerprint density at radius 2 is 1.95 bits per heavy atom. The van der Waals surface area contributed by atoms with E-state index in [0.29, 0.717) is 5.91 Å². The Morgan fingerprint density at radius 1 is 1.14 bits per heavy atom. The molecule has 0 atom stereocenters. The summed E-state index contributed by atoms with van der Waals surface area (Å²) >= 11 is 0. The SMILES string of the molecule is NC(=O)c1cccc(N2CCCN(C(=O)C3CC3)CC2)n1. The fourth-order valence-electron chi connectivity index (χ4n) is 2.69. The summed E-state index contributed by atoms with van der Waals surface area (Å²) in [5, 5.41) is 0. The molecule has 6 nitrogen and oxygen atoms in total. The zero-order valence-corrected chi connectivity index (χ0v) is 12.0. The second kappa shape index (κ2) is 5.71. The molecule has 0 unspecified atom stereocenters. The lowest BCUT2D eigenvalue weighted by atomic mass is 10.3. The molecule has 1 aromatic rings. The molecule has 1 saturated heterocycles. The summed E-state index contributed by atoms with van der Waals surface area (Å²) in [6, 6.07) is 5.29. The quantitative estimate of drug-likeness (QED) is 0.884. The van der Waals surface area contributed by atoms with Crippen LogP contribution in [-0.2, 0) is 4.79 Å². The van der Waals surface area contributed by atoms with Crippen LogP contribution in [0.1, 0.15) is 29.8 Å². The first-order chi connectivity index (χ1) is 10.1. The first-order valence-corrected chi connectivity index (χ1v) is 7.46. The number of pyridine rings is 1. The van der Waals surface area contributed by atoms with Crippen molar-refractivity contribution in [3.63, 3.8) is 0 Å². The van der Waals surface area contributed by atoms with Crippen LogP contribution in [0.3, 0.4) is 0 Å². The van der Waals surface area contributed by atoms with E-state index >= 15 is 0 Å². The van der Waals surface area contributed by atoms with E-state index in [0.717, 1.165) is 51.3 Å². The smallest absolute Gasteiger partial charge is 0.267 e. The molecule has 2 N–H and O–H groups in total. The van der Waals surface area contributed by atoms with Crippen LogP contribution in [0.4, 0.5) is 5.82 Å². The number of nitrogens with zero attached hydrogens (tertiary/aromatic N) is 3. The molecular weight excluding hydrogens is 268 g/mol. The van der Waals surface area contributed by atoms with Crippen molar-refractivity contribution < 1.29 is 9.59 Å². The summed E-state index contributed by atoms with van der Waals surface area (Å²) in [6.07, 6.45) is 3.00. The lowest BCUT2D eigenvalue weighted by Crippen LogP contribution is -2.36. The van der Waals surface area contributed by atoms with Crippen LogP contribution < -0.4 is 10.6 Å². The van der Waals surface area contributed by atoms with Gasteiger partial charge in [-0.05, 0) is 31.4 Å². The Morgan fingerprint density at radius 3 is 2.67 bits per heavy atom. The average molecular weight is 288 g/mol. The molecule has 112 valence electrons. The largest absolute Gasteiger partial charge is 0.364 e. The van der Waals surface area contributed by atoms with Crippen LogP contribution in [0.5, 0.6) is 0 Å². The van der Waals surface area contributed by atoms with Gasteiger partial charge in [-0.1, -0.05) is 6.07 Å². The molecule has 0 spiro atoms. The molecule has 1 saturated carbocycles. The van der Waals surface area contributed by atoms with Gasteiger partial charge >= 0.3 is 0 Å². The highest BCUT2D eigenvalue weighted by molar-refractivity contribution is 5.91. The zero-order chi connectivity index (χ0) is 14.8. The third kappa shape index (κ3) is 3.15. The van der Waals surface area contributed by atoms with E-state index < -0.39 is 5.91 Å². The van der Waals surface area contributed by atoms with E-state index in [9.17, 15) is 9.59 Å². The van der Waals surface area contributed by atoms with Crippen molar-refractivity contribution >= 4 is 17.6 Å². The maximum atomic E-state index is 12.1. The average Bonchev–Trinajstić information content (AvgIpc) is 3.33. The van der Waals surface area contributed by atoms with Gasteiger partial charge in [-0.2, -0.15) is 0 Å². The topological polar surface area (TPSA) is 79.5 Å². The monoisotopic (exact) mass is 288 g/mol. The number of carbonyl (C=O) groups excluding carboxylic acids is 2. The number of primary amides is 1. The highest BCUT2D eigenvalue weighted by Gasteiger charge is 2.34. The molecule has 6 heteroatoms. The molecule has 1 aliphatic heterocycles. The summed E-state index contributed by atoms with van der Waals surface area (Å²) in [6.45, 7) is 3.11. The van der Waals surface area contributed by atoms with E-state index in [2.05, 4.69) is 9.88 Å². The van der Waals surface area contributed by atoms with Gasteiger partial charge in [0, 0.05) is 32.1 Å². The van der Waals surface area contributed by atoms with E-state index in [1.807, 2.05) is 11.0 Å². The van der Waals surface area contributed by atoms with Crippen molar-refractivity contribution in [2.45, 2.75) is 19.3 Å². The number of anilines is 1. The predicted octanol–water partition coefficient (Wildman–Crippen LogP) is 0.629. The van der Waals surface area contributed by atoms with Gasteiger partial charge < -0.3 is 15.5 Å². The van der Waals surface area contributed by atoms with Crippen molar-refractivity contribution in [3.8, 4) is 0 Å². The van der Waals surface area contributed by atoms with Crippen LogP contribution in [0, 0.1) is 5.92 Å². The molecule has 3 rings (SSSR count). The molecular formula is C15H20N4O2. The van der Waals surface area contributed by atoms with Gasteiger partial charge in [0.2, 0.25) is 5.91 Å². The number of rotatable bonds is 3. The minimum atomic E-state index is -0.516. The molecule has 0 aromatic carbocycles. The van der Waals surface area contributed by atoms with Crippen molar-refractivity contribution in [2.24, 2.45) is 11.7 Å². The first-order valence-electron chi connectivity index (χ1n) is 7.46. The highest BCUT2D eigenvalue weighted by atomic mass is 16.2. The number of carbonyl (C=O) groups is 2. The van der Waals surface area contributed by atoms with Crippen molar-refractivity contribution in [2.75, 3.05) is 31.1 Å². The summed E-state index contributed by atoms with van der Waals surface area (Å²) in [7, 11) is 0. The fraction of sp³-hybridized carbons (Fsp3) is 0.533. The predicted molar refractivity (Wildman–Crippen MR) is 78.9 cm³/mol. The Kier molecular flexibility index (Phi) is 3.77. The molecule has 2 heterocycles. The highest BCUT2D eigenvalue weighted by Crippen LogP contribution is 2.31. The summed E-state index contributed by atoms with van der Waals surface area (Å²) in [5.41, 5.74) is 5.55. The normalized spacial score (nSPS) is 19.2. The Labute approximate surface area is 123 Å². The maximum Gasteiger partial charge on any atom is 0.267 e. The summed E-state index contributed by atoms with van der Waals surface area (Å²) in [5.74, 6) is 0.813. The van der Waals surface area contributed by atoms with Crippen LogP contribution >= 0.6 is 0 Å². The molecule has 2 amide bonds. The zero-order valence-electron chi connectivity index (χ0n) is 12.0. The minimum absolute atomic E-state index is 0.271. The lowest BCUT2D eigenvalue weighted by molar-refractivity contribution is -0.132. The van der Waals surface area contributed by atoms with Gasteiger partial charge in [0.05, 0.1) is 0 Å². The molecule has 2 aliphatic rings. The lowest BCUT2D eigenvalue weighted by Gasteiger charge is -2.23. The third-order valence-corrected chi connectivity index (χ3v) is 4.05. The first kappa shape index (κ1) is 13.9. The van der Waals surface area contributed by atoms with Gasteiger partial charge in [0.25, 0.3) is 5.91 Å². The van der Waals surface area contributed by atoms with E-state index in [1.165, 1.54) is 0 Å². The molecule has 21 heavy (non-hydrogen) atoms. The summed E-state index contributed by atoms with van der Waals surface area (Å²) in [4.78, 5) is 31.7. The van der Waals surface area contributed by atoms with E-state index in [4.69, 9.17) is 5.73 Å². The molecule has 1 aliphatic carbocycles. The van der Waals surface area contributed by atoms with Crippen LogP contribution in [0.2, 0.25) is 0 Å². The maximum absolute atomic E-state index is 12.1. The molecule has 1 aromatic heterocycles. The van der Waals surface area contributed by atoms with E-state index in [-0.39, 0.29) is 11.6 Å². The number of hydrogen-bond acceptors (Lipinski definition) is 4. The van der Waals surface area contributed by atoms with Crippen molar-refractivity contribution in [3.05, 3.63) is 23.9 Å². The van der Waals surface area contributed by atoms with Gasteiger partial charge in [0.1, 0.15) is 11.5 Å². The van der Waals surface area contributed by atoms with Crippen LogP contribution in [0.15, 0.2) is 18.2 Å². The van der Waals surface area contributed by atoms with Gasteiger partial charge in [0.15, 0.2) is 0 Å². The van der Waals surface area contributed by atoms with E-state index in [1.54, 1.807) is 12.1 Å². The van der Waals surface area contributed by atoms with Gasteiger partial charge in [-0.15, -0.1) is 0 Å². The Bertz CT molecular complexity index is 556. The van der Waals surface area contributed by atoms with Crippen LogP contribution in [-0.4, -0.2) is 47.9 Å².